The van der Waals surface area contributed by atoms with Crippen LogP contribution in [0.15, 0.2) is 0 Å². The van der Waals surface area contributed by atoms with Crippen molar-refractivity contribution in [2.45, 2.75) is 24.1 Å². The summed E-state index contributed by atoms with van der Waals surface area (Å²) in [4.78, 5) is 0. The fourth-order valence-corrected chi connectivity index (χ4v) is 1.33. The largest absolute Gasteiger partial charge is 0.393 e. The Morgan fingerprint density at radius 3 is 2.62 bits per heavy atom. The van der Waals surface area contributed by atoms with Gasteiger partial charge < -0.3 is 29.9 Å². The second-order valence-electron chi connectivity index (χ2n) is 3.06. The van der Waals surface area contributed by atoms with Crippen molar-refractivity contribution in [1.82, 2.24) is 0 Å². The zero-order valence-electron chi connectivity index (χ0n) is 7.25. The quantitative estimate of drug-likeness (QED) is 0.386. The molecule has 0 bridgehead atoms. The summed E-state index contributed by atoms with van der Waals surface area (Å²) >= 11 is 0. The first-order valence-corrected chi connectivity index (χ1v) is 3.90. The van der Waals surface area contributed by atoms with Gasteiger partial charge in [-0.15, -0.1) is 0 Å². The molecule has 0 aliphatic carbocycles. The summed E-state index contributed by atoms with van der Waals surface area (Å²) in [5.41, 5.74) is -1.97. The van der Waals surface area contributed by atoms with E-state index < -0.39 is 30.7 Å². The van der Waals surface area contributed by atoms with Gasteiger partial charge in [0.05, 0.1) is 13.2 Å². The summed E-state index contributed by atoms with van der Waals surface area (Å²) in [6, 6.07) is 0. The van der Waals surface area contributed by atoms with Gasteiger partial charge in [0.25, 0.3) is 0 Å². The number of aliphatic hydroxyl groups is 4. The van der Waals surface area contributed by atoms with Crippen molar-refractivity contribution in [3.63, 3.8) is 0 Å². The van der Waals surface area contributed by atoms with Crippen LogP contribution in [0.4, 0.5) is 0 Å². The monoisotopic (exact) mass is 194 g/mol. The van der Waals surface area contributed by atoms with Crippen LogP contribution in [-0.2, 0) is 9.47 Å². The van der Waals surface area contributed by atoms with Gasteiger partial charge in [-0.05, 0) is 0 Å². The van der Waals surface area contributed by atoms with Crippen LogP contribution in [0.1, 0.15) is 0 Å². The minimum Gasteiger partial charge on any atom is -0.393 e. The summed E-state index contributed by atoms with van der Waals surface area (Å²) in [5.74, 6) is 0. The molecule has 0 saturated carbocycles. The van der Waals surface area contributed by atoms with Gasteiger partial charge in [0.1, 0.15) is 12.2 Å². The molecule has 0 aromatic carbocycles. The number of rotatable bonds is 2. The first-order chi connectivity index (χ1) is 6.06. The van der Waals surface area contributed by atoms with Gasteiger partial charge in [0.2, 0.25) is 0 Å². The Labute approximate surface area is 75.3 Å². The highest BCUT2D eigenvalue weighted by molar-refractivity contribution is 4.96. The zero-order chi connectivity index (χ0) is 10.1. The van der Waals surface area contributed by atoms with E-state index >= 15 is 0 Å². The molecule has 0 amide bonds. The van der Waals surface area contributed by atoms with E-state index in [1.807, 2.05) is 0 Å². The molecule has 4 atom stereocenters. The minimum atomic E-state index is -1.97. The van der Waals surface area contributed by atoms with Crippen molar-refractivity contribution in [2.75, 3.05) is 20.3 Å². The smallest absolute Gasteiger partial charge is 0.191 e. The topological polar surface area (TPSA) is 99.4 Å². The average molecular weight is 194 g/mol. The molecule has 6 nitrogen and oxygen atoms in total. The number of hydrogen-bond acceptors (Lipinski definition) is 6. The molecule has 13 heavy (non-hydrogen) atoms. The first kappa shape index (κ1) is 10.8. The molecule has 1 rings (SSSR count). The van der Waals surface area contributed by atoms with Crippen molar-refractivity contribution in [3.8, 4) is 0 Å². The Hall–Kier alpha value is -0.240. The van der Waals surface area contributed by atoms with E-state index in [0.29, 0.717) is 0 Å². The highest BCUT2D eigenvalue weighted by Gasteiger charge is 2.51. The van der Waals surface area contributed by atoms with E-state index in [4.69, 9.17) is 19.7 Å². The molecular weight excluding hydrogens is 180 g/mol. The lowest BCUT2D eigenvalue weighted by Gasteiger charge is -2.43. The molecule has 1 fully saturated rings. The molecule has 1 saturated heterocycles. The van der Waals surface area contributed by atoms with Crippen molar-refractivity contribution in [3.05, 3.63) is 0 Å². The van der Waals surface area contributed by atoms with Crippen LogP contribution in [0.25, 0.3) is 0 Å². The molecule has 0 aromatic rings. The maximum Gasteiger partial charge on any atom is 0.191 e. The molecule has 0 aromatic heterocycles. The summed E-state index contributed by atoms with van der Waals surface area (Å²) in [7, 11) is 1.27. The second-order valence-corrected chi connectivity index (χ2v) is 3.06. The highest BCUT2D eigenvalue weighted by atomic mass is 16.7. The van der Waals surface area contributed by atoms with Gasteiger partial charge >= 0.3 is 0 Å². The lowest BCUT2D eigenvalue weighted by atomic mass is 9.90. The molecule has 0 unspecified atom stereocenters. The van der Waals surface area contributed by atoms with Crippen molar-refractivity contribution < 1.29 is 29.9 Å². The maximum atomic E-state index is 9.67. The van der Waals surface area contributed by atoms with Crippen LogP contribution in [0.5, 0.6) is 0 Å². The van der Waals surface area contributed by atoms with Gasteiger partial charge in [-0.2, -0.15) is 0 Å². The third-order valence-corrected chi connectivity index (χ3v) is 2.17. The lowest BCUT2D eigenvalue weighted by Crippen LogP contribution is -2.65. The average Bonchev–Trinajstić information content (AvgIpc) is 2.15. The predicted octanol–water partition coefficient (Wildman–Crippen LogP) is -2.57. The third-order valence-electron chi connectivity index (χ3n) is 2.17. The lowest BCUT2D eigenvalue weighted by molar-refractivity contribution is -0.317. The number of hydrogen-bond donors (Lipinski definition) is 4. The third kappa shape index (κ3) is 1.69. The van der Waals surface area contributed by atoms with Gasteiger partial charge in [0.15, 0.2) is 11.9 Å². The van der Waals surface area contributed by atoms with E-state index in [0.717, 1.165) is 0 Å². The molecule has 6 heteroatoms. The van der Waals surface area contributed by atoms with Crippen LogP contribution in [0.3, 0.4) is 0 Å². The Kier molecular flexibility index (Phi) is 3.23. The van der Waals surface area contributed by atoms with Crippen LogP contribution < -0.4 is 0 Å². The van der Waals surface area contributed by atoms with Gasteiger partial charge in [-0.3, -0.25) is 0 Å². The fourth-order valence-electron chi connectivity index (χ4n) is 1.33. The summed E-state index contributed by atoms with van der Waals surface area (Å²) < 4.78 is 9.59. The molecule has 4 N–H and O–H groups in total. The number of ether oxygens (including phenoxy) is 2. The summed E-state index contributed by atoms with van der Waals surface area (Å²) in [6.45, 7) is -0.883. The SMILES string of the molecule is CO[C@H]1OC[C@@H](O)[C@@H](O)[C@]1(O)CO. The van der Waals surface area contributed by atoms with Gasteiger partial charge in [-0.25, -0.2) is 0 Å². The van der Waals surface area contributed by atoms with E-state index in [2.05, 4.69) is 0 Å². The van der Waals surface area contributed by atoms with Gasteiger partial charge in [0, 0.05) is 7.11 Å². The van der Waals surface area contributed by atoms with Crippen molar-refractivity contribution >= 4 is 0 Å². The molecule has 78 valence electrons. The number of methoxy groups -OCH3 is 1. The zero-order valence-corrected chi connectivity index (χ0v) is 7.25. The molecule has 1 aliphatic heterocycles. The normalized spacial score (nSPS) is 46.4. The summed E-state index contributed by atoms with van der Waals surface area (Å²) in [6.07, 6.45) is -3.82. The maximum absolute atomic E-state index is 9.67. The van der Waals surface area contributed by atoms with Crippen LogP contribution in [-0.4, -0.2) is 64.8 Å². The van der Waals surface area contributed by atoms with E-state index in [1.165, 1.54) is 7.11 Å². The van der Waals surface area contributed by atoms with Crippen LogP contribution in [0.2, 0.25) is 0 Å². The first-order valence-electron chi connectivity index (χ1n) is 3.90. The molecule has 0 spiro atoms. The molecular formula is C7H14O6. The Balaban J connectivity index is 2.80. The minimum absolute atomic E-state index is 0.137. The predicted molar refractivity (Wildman–Crippen MR) is 40.8 cm³/mol. The van der Waals surface area contributed by atoms with E-state index in [1.54, 1.807) is 0 Å². The Bertz CT molecular complexity index is 170. The van der Waals surface area contributed by atoms with E-state index in [-0.39, 0.29) is 6.61 Å². The summed E-state index contributed by atoms with van der Waals surface area (Å²) in [5, 5.41) is 37.1. The van der Waals surface area contributed by atoms with Crippen molar-refractivity contribution in [2.24, 2.45) is 0 Å². The molecule has 0 radical (unpaired) electrons. The molecule has 1 aliphatic rings. The standard InChI is InChI=1S/C7H14O6/c1-12-6-7(11,3-8)5(10)4(9)2-13-6/h4-6,8-11H,2-3H2,1H3/t4-,5-,6+,7-/m1/s1. The second kappa shape index (κ2) is 3.87. The number of aliphatic hydroxyl groups excluding tert-OH is 3. The van der Waals surface area contributed by atoms with Crippen LogP contribution >= 0.6 is 0 Å². The van der Waals surface area contributed by atoms with Crippen molar-refractivity contribution in [1.29, 1.82) is 0 Å². The Morgan fingerprint density at radius 1 is 1.54 bits per heavy atom. The van der Waals surface area contributed by atoms with Crippen LogP contribution in [0, 0.1) is 0 Å². The van der Waals surface area contributed by atoms with E-state index in [9.17, 15) is 10.2 Å². The molecule has 1 heterocycles. The fraction of sp³-hybridized carbons (Fsp3) is 1.00. The van der Waals surface area contributed by atoms with Gasteiger partial charge in [-0.1, -0.05) is 0 Å². The Morgan fingerprint density at radius 2 is 2.15 bits per heavy atom. The highest BCUT2D eigenvalue weighted by Crippen LogP contribution is 2.26.